The van der Waals surface area contributed by atoms with E-state index in [0.717, 1.165) is 18.5 Å². The molecule has 1 aromatic carbocycles. The average molecular weight is 254 g/mol. The normalized spacial score (nSPS) is 13.1. The molecule has 1 aromatic rings. The minimum Gasteiger partial charge on any atom is -0.383 e. The van der Waals surface area contributed by atoms with E-state index in [-0.39, 0.29) is 10.9 Å². The highest BCUT2D eigenvalue weighted by molar-refractivity contribution is 7.89. The highest BCUT2D eigenvalue weighted by atomic mass is 32.2. The zero-order chi connectivity index (χ0) is 12.9. The second kappa shape index (κ2) is 5.84. The maximum absolute atomic E-state index is 11.2. The maximum Gasteiger partial charge on any atom is 0.238 e. The third kappa shape index (κ3) is 4.58. The number of nitrogens with one attached hydrogen (secondary N) is 1. The molecule has 0 spiro atoms. The van der Waals surface area contributed by atoms with Crippen LogP contribution in [0.3, 0.4) is 0 Å². The second-order valence-corrected chi connectivity index (χ2v) is 5.55. The molecule has 3 N–H and O–H groups in total. The standard InChI is InChI=1S/C12H18N2O2S/c1-3-4-6-10(2)14-11-7-5-8-12(9-11)17(13,15)16/h3,5,7-10,14H,1,4,6H2,2H3,(H2,13,15,16). The molecule has 0 aromatic heterocycles. The highest BCUT2D eigenvalue weighted by Gasteiger charge is 2.08. The van der Waals surface area contributed by atoms with Gasteiger partial charge in [-0.2, -0.15) is 0 Å². The lowest BCUT2D eigenvalue weighted by Crippen LogP contribution is -2.16. The van der Waals surface area contributed by atoms with Crippen molar-refractivity contribution in [2.24, 2.45) is 5.14 Å². The fourth-order valence-electron chi connectivity index (χ4n) is 1.49. The number of benzene rings is 1. The number of anilines is 1. The third-order valence-electron chi connectivity index (χ3n) is 2.38. The van der Waals surface area contributed by atoms with Gasteiger partial charge in [-0.15, -0.1) is 6.58 Å². The first-order valence-electron chi connectivity index (χ1n) is 5.44. The first-order chi connectivity index (χ1) is 7.93. The van der Waals surface area contributed by atoms with Crippen molar-refractivity contribution in [1.29, 1.82) is 0 Å². The van der Waals surface area contributed by atoms with E-state index >= 15 is 0 Å². The fraction of sp³-hybridized carbons (Fsp3) is 0.333. The molecule has 0 saturated carbocycles. The molecular weight excluding hydrogens is 236 g/mol. The minimum absolute atomic E-state index is 0.124. The van der Waals surface area contributed by atoms with E-state index in [1.807, 2.05) is 19.1 Å². The Morgan fingerprint density at radius 1 is 1.53 bits per heavy atom. The van der Waals surface area contributed by atoms with Crippen LogP contribution in [-0.4, -0.2) is 14.5 Å². The van der Waals surface area contributed by atoms with Crippen molar-refractivity contribution >= 4 is 15.7 Å². The summed E-state index contributed by atoms with van der Waals surface area (Å²) in [5.74, 6) is 0. The van der Waals surface area contributed by atoms with E-state index in [1.54, 1.807) is 12.1 Å². The van der Waals surface area contributed by atoms with Gasteiger partial charge in [-0.25, -0.2) is 13.6 Å². The van der Waals surface area contributed by atoms with Crippen LogP contribution in [-0.2, 0) is 10.0 Å². The van der Waals surface area contributed by atoms with E-state index in [1.165, 1.54) is 6.07 Å². The van der Waals surface area contributed by atoms with Gasteiger partial charge in [-0.05, 0) is 38.0 Å². The van der Waals surface area contributed by atoms with Crippen LogP contribution in [0.2, 0.25) is 0 Å². The molecule has 0 bridgehead atoms. The van der Waals surface area contributed by atoms with Crippen molar-refractivity contribution in [2.45, 2.75) is 30.7 Å². The van der Waals surface area contributed by atoms with Gasteiger partial charge in [0.25, 0.3) is 0 Å². The number of hydrogen-bond acceptors (Lipinski definition) is 3. The van der Waals surface area contributed by atoms with Crippen LogP contribution < -0.4 is 10.5 Å². The molecule has 0 fully saturated rings. The smallest absolute Gasteiger partial charge is 0.238 e. The van der Waals surface area contributed by atoms with Crippen LogP contribution in [0, 0.1) is 0 Å². The Hall–Kier alpha value is -1.33. The molecule has 0 aliphatic heterocycles. The van der Waals surface area contributed by atoms with Crippen molar-refractivity contribution in [1.82, 2.24) is 0 Å². The molecule has 0 amide bonds. The summed E-state index contributed by atoms with van der Waals surface area (Å²) in [4.78, 5) is 0.124. The van der Waals surface area contributed by atoms with Crippen LogP contribution in [0.15, 0.2) is 41.8 Å². The average Bonchev–Trinajstić information content (AvgIpc) is 2.25. The summed E-state index contributed by atoms with van der Waals surface area (Å²) in [5, 5.41) is 8.29. The number of sulfonamides is 1. The van der Waals surface area contributed by atoms with Crippen LogP contribution in [0.25, 0.3) is 0 Å². The van der Waals surface area contributed by atoms with Gasteiger partial charge in [0.05, 0.1) is 4.90 Å². The van der Waals surface area contributed by atoms with Crippen molar-refractivity contribution < 1.29 is 8.42 Å². The maximum atomic E-state index is 11.2. The monoisotopic (exact) mass is 254 g/mol. The Balaban J connectivity index is 2.76. The SMILES string of the molecule is C=CCCC(C)Nc1cccc(S(N)(=O)=O)c1. The predicted molar refractivity (Wildman–Crippen MR) is 70.3 cm³/mol. The number of hydrogen-bond donors (Lipinski definition) is 2. The van der Waals surface area contributed by atoms with Crippen molar-refractivity contribution in [3.8, 4) is 0 Å². The summed E-state index contributed by atoms with van der Waals surface area (Å²) in [5.41, 5.74) is 0.757. The molecule has 0 aliphatic carbocycles. The largest absolute Gasteiger partial charge is 0.383 e. The van der Waals surface area contributed by atoms with Crippen molar-refractivity contribution in [2.75, 3.05) is 5.32 Å². The van der Waals surface area contributed by atoms with Gasteiger partial charge in [-0.1, -0.05) is 12.1 Å². The quantitative estimate of drug-likeness (QED) is 0.764. The third-order valence-corrected chi connectivity index (χ3v) is 3.29. The first kappa shape index (κ1) is 13.7. The lowest BCUT2D eigenvalue weighted by atomic mass is 10.1. The van der Waals surface area contributed by atoms with Crippen molar-refractivity contribution in [3.63, 3.8) is 0 Å². The highest BCUT2D eigenvalue weighted by Crippen LogP contribution is 2.16. The van der Waals surface area contributed by atoms with Gasteiger partial charge in [0.15, 0.2) is 0 Å². The van der Waals surface area contributed by atoms with Gasteiger partial charge in [0.2, 0.25) is 10.0 Å². The first-order valence-corrected chi connectivity index (χ1v) is 6.98. The van der Waals surface area contributed by atoms with Gasteiger partial charge in [0.1, 0.15) is 0 Å². The van der Waals surface area contributed by atoms with Crippen molar-refractivity contribution in [3.05, 3.63) is 36.9 Å². The summed E-state index contributed by atoms with van der Waals surface area (Å²) in [6.07, 6.45) is 3.73. The van der Waals surface area contributed by atoms with Crippen LogP contribution >= 0.6 is 0 Å². The van der Waals surface area contributed by atoms with Gasteiger partial charge in [0, 0.05) is 11.7 Å². The summed E-state index contributed by atoms with van der Waals surface area (Å²) in [7, 11) is -3.63. The number of nitrogens with two attached hydrogens (primary N) is 1. The van der Waals surface area contributed by atoms with E-state index in [0.29, 0.717) is 0 Å². The molecule has 94 valence electrons. The molecule has 4 nitrogen and oxygen atoms in total. The second-order valence-electron chi connectivity index (χ2n) is 3.98. The summed E-state index contributed by atoms with van der Waals surface area (Å²) < 4.78 is 22.4. The Labute approximate surface area is 103 Å². The summed E-state index contributed by atoms with van der Waals surface area (Å²) in [6.45, 7) is 5.70. The fourth-order valence-corrected chi connectivity index (χ4v) is 2.05. The number of rotatable bonds is 6. The molecule has 5 heteroatoms. The number of allylic oxidation sites excluding steroid dienone is 1. The molecule has 17 heavy (non-hydrogen) atoms. The zero-order valence-corrected chi connectivity index (χ0v) is 10.7. The molecular formula is C12H18N2O2S. The Morgan fingerprint density at radius 3 is 2.82 bits per heavy atom. The minimum atomic E-state index is -3.63. The molecule has 1 atom stereocenters. The van der Waals surface area contributed by atoms with E-state index in [9.17, 15) is 8.42 Å². The Bertz CT molecular complexity index is 483. The molecule has 0 heterocycles. The van der Waals surface area contributed by atoms with Crippen LogP contribution in [0.5, 0.6) is 0 Å². The Morgan fingerprint density at radius 2 is 2.24 bits per heavy atom. The lowest BCUT2D eigenvalue weighted by Gasteiger charge is -2.14. The molecule has 0 aliphatic rings. The Kier molecular flexibility index (Phi) is 4.72. The summed E-state index contributed by atoms with van der Waals surface area (Å²) in [6, 6.07) is 6.76. The lowest BCUT2D eigenvalue weighted by molar-refractivity contribution is 0.598. The topological polar surface area (TPSA) is 72.2 Å². The van der Waals surface area contributed by atoms with Gasteiger partial charge in [-0.3, -0.25) is 0 Å². The van der Waals surface area contributed by atoms with Crippen LogP contribution in [0.4, 0.5) is 5.69 Å². The molecule has 0 radical (unpaired) electrons. The van der Waals surface area contributed by atoms with Gasteiger partial charge >= 0.3 is 0 Å². The number of primary sulfonamides is 1. The van der Waals surface area contributed by atoms with E-state index in [2.05, 4.69) is 11.9 Å². The van der Waals surface area contributed by atoms with Gasteiger partial charge < -0.3 is 5.32 Å². The van der Waals surface area contributed by atoms with E-state index in [4.69, 9.17) is 5.14 Å². The molecule has 1 rings (SSSR count). The van der Waals surface area contributed by atoms with E-state index < -0.39 is 10.0 Å². The van der Waals surface area contributed by atoms with Crippen LogP contribution in [0.1, 0.15) is 19.8 Å². The zero-order valence-electron chi connectivity index (χ0n) is 9.89. The predicted octanol–water partition coefficient (Wildman–Crippen LogP) is 2.10. The molecule has 0 saturated heterocycles. The summed E-state index contributed by atoms with van der Waals surface area (Å²) >= 11 is 0. The molecule has 1 unspecified atom stereocenters.